The molecule has 0 spiro atoms. The van der Waals surface area contributed by atoms with Gasteiger partial charge in [-0.1, -0.05) is 25.0 Å². The first-order valence-corrected chi connectivity index (χ1v) is 9.04. The van der Waals surface area contributed by atoms with Crippen molar-refractivity contribution in [1.82, 2.24) is 10.9 Å². The summed E-state index contributed by atoms with van der Waals surface area (Å²) in [6.07, 6.45) is 9.29. The molecule has 23 heavy (non-hydrogen) atoms. The van der Waals surface area contributed by atoms with Crippen LogP contribution in [0, 0.1) is 21.3 Å². The van der Waals surface area contributed by atoms with Crippen LogP contribution in [0.15, 0.2) is 24.3 Å². The van der Waals surface area contributed by atoms with Crippen molar-refractivity contribution in [3.05, 3.63) is 33.4 Å². The summed E-state index contributed by atoms with van der Waals surface area (Å²) in [5.74, 6) is 2.83. The van der Waals surface area contributed by atoms with Gasteiger partial charge in [0.2, 0.25) is 5.91 Å². The summed E-state index contributed by atoms with van der Waals surface area (Å²) in [7, 11) is 1.71. The molecule has 0 aromatic heterocycles. The minimum atomic E-state index is -0.551. The Morgan fingerprint density at radius 1 is 1.26 bits per heavy atom. The van der Waals surface area contributed by atoms with E-state index in [2.05, 4.69) is 59.3 Å². The fraction of sp³-hybridized carbons (Fsp3) is 0.526. The quantitative estimate of drug-likeness (QED) is 0.285. The van der Waals surface area contributed by atoms with Gasteiger partial charge in [-0.3, -0.25) is 10.2 Å². The molecule has 1 aromatic rings. The van der Waals surface area contributed by atoms with Gasteiger partial charge in [-0.05, 0) is 73.9 Å². The summed E-state index contributed by atoms with van der Waals surface area (Å²) < 4.78 is 1.14. The van der Waals surface area contributed by atoms with E-state index in [1.54, 1.807) is 7.05 Å². The molecule has 0 aliphatic heterocycles. The lowest BCUT2D eigenvalue weighted by Crippen LogP contribution is -2.47. The fourth-order valence-electron chi connectivity index (χ4n) is 2.59. The van der Waals surface area contributed by atoms with Crippen molar-refractivity contribution < 1.29 is 4.79 Å². The third kappa shape index (κ3) is 5.82. The Morgan fingerprint density at radius 3 is 2.48 bits per heavy atom. The molecule has 0 aliphatic rings. The molecule has 2 N–H and O–H groups in total. The first-order valence-electron chi connectivity index (χ1n) is 7.96. The minimum Gasteiger partial charge on any atom is -0.291 e. The summed E-state index contributed by atoms with van der Waals surface area (Å²) in [5.41, 5.74) is 5.92. The summed E-state index contributed by atoms with van der Waals surface area (Å²) in [6, 6.07) is 8.16. The van der Waals surface area contributed by atoms with Crippen LogP contribution >= 0.6 is 22.6 Å². The molecular formula is C19H27IN2O. The first kappa shape index (κ1) is 20.0. The van der Waals surface area contributed by atoms with Crippen LogP contribution in [0.1, 0.15) is 52.0 Å². The number of hydrogen-bond donors (Lipinski definition) is 2. The highest BCUT2D eigenvalue weighted by Crippen LogP contribution is 2.32. The first-order chi connectivity index (χ1) is 10.7. The third-order valence-electron chi connectivity index (χ3n) is 4.32. The molecule has 0 saturated carbocycles. The van der Waals surface area contributed by atoms with Gasteiger partial charge < -0.3 is 0 Å². The molecule has 0 unspecified atom stereocenters. The zero-order valence-corrected chi connectivity index (χ0v) is 16.7. The molecule has 1 aromatic carbocycles. The van der Waals surface area contributed by atoms with Crippen molar-refractivity contribution in [1.29, 1.82) is 0 Å². The van der Waals surface area contributed by atoms with E-state index in [1.807, 2.05) is 25.1 Å². The number of rotatable bonds is 8. The average Bonchev–Trinajstić information content (AvgIpc) is 2.51. The van der Waals surface area contributed by atoms with Gasteiger partial charge in [-0.2, -0.15) is 0 Å². The minimum absolute atomic E-state index is 0.00166. The number of halogens is 1. The van der Waals surface area contributed by atoms with Crippen molar-refractivity contribution in [3.8, 4) is 12.3 Å². The average molecular weight is 426 g/mol. The molecule has 0 aliphatic carbocycles. The van der Waals surface area contributed by atoms with E-state index in [4.69, 9.17) is 6.42 Å². The van der Waals surface area contributed by atoms with Crippen molar-refractivity contribution in [2.24, 2.45) is 5.41 Å². The van der Waals surface area contributed by atoms with Crippen LogP contribution in [-0.4, -0.2) is 13.0 Å². The number of amides is 1. The highest BCUT2D eigenvalue weighted by molar-refractivity contribution is 14.1. The predicted octanol–water partition coefficient (Wildman–Crippen LogP) is 4.02. The van der Waals surface area contributed by atoms with Gasteiger partial charge in [0.15, 0.2) is 0 Å². The number of carbonyl (C=O) groups is 1. The maximum atomic E-state index is 12.6. The summed E-state index contributed by atoms with van der Waals surface area (Å²) in [6.45, 7) is 6.18. The lowest BCUT2D eigenvalue weighted by molar-refractivity contribution is -0.127. The maximum Gasteiger partial charge on any atom is 0.244 e. The van der Waals surface area contributed by atoms with Crippen molar-refractivity contribution >= 4 is 28.5 Å². The second-order valence-corrected chi connectivity index (χ2v) is 8.03. The number of nitrogens with one attached hydrogen (secondary N) is 2. The molecule has 126 valence electrons. The number of unbranched alkanes of at least 4 members (excludes halogenated alkanes) is 1. The van der Waals surface area contributed by atoms with Crippen LogP contribution < -0.4 is 10.9 Å². The molecular weight excluding hydrogens is 399 g/mol. The Morgan fingerprint density at radius 2 is 1.91 bits per heavy atom. The molecule has 3 nitrogen and oxygen atoms in total. The fourth-order valence-corrected chi connectivity index (χ4v) is 3.13. The van der Waals surface area contributed by atoms with E-state index in [0.29, 0.717) is 0 Å². The SMILES string of the molecule is C#CC(C)(C)CCCC[C@@](C)(C(=O)NNC)c1cccc(I)c1. The molecule has 0 radical (unpaired) electrons. The van der Waals surface area contributed by atoms with Gasteiger partial charge >= 0.3 is 0 Å². The highest BCUT2D eigenvalue weighted by atomic mass is 127. The van der Waals surface area contributed by atoms with Crippen molar-refractivity contribution in [3.63, 3.8) is 0 Å². The smallest absolute Gasteiger partial charge is 0.244 e. The van der Waals surface area contributed by atoms with E-state index in [9.17, 15) is 4.79 Å². The standard InChI is InChI=1S/C19H27IN2O/c1-6-18(2,3)12-7-8-13-19(4,17(23)22-21-5)15-10-9-11-16(20)14-15/h1,9-11,14,21H,7-8,12-13H2,2-5H3,(H,22,23)/t19-/m1/s1. The largest absolute Gasteiger partial charge is 0.291 e. The van der Waals surface area contributed by atoms with Gasteiger partial charge in [0, 0.05) is 16.0 Å². The summed E-state index contributed by atoms with van der Waals surface area (Å²) in [4.78, 5) is 12.6. The summed E-state index contributed by atoms with van der Waals surface area (Å²) in [5, 5.41) is 0. The molecule has 1 rings (SSSR count). The lowest BCUT2D eigenvalue weighted by Gasteiger charge is -2.29. The second-order valence-electron chi connectivity index (χ2n) is 6.78. The Hall–Kier alpha value is -1.06. The number of carbonyl (C=O) groups excluding carboxylic acids is 1. The third-order valence-corrected chi connectivity index (χ3v) is 4.99. The summed E-state index contributed by atoms with van der Waals surface area (Å²) >= 11 is 2.28. The van der Waals surface area contributed by atoms with Gasteiger partial charge in [0.05, 0.1) is 5.41 Å². The molecule has 0 bridgehead atoms. The predicted molar refractivity (Wildman–Crippen MR) is 105 cm³/mol. The number of hydrazine groups is 1. The van der Waals surface area contributed by atoms with E-state index in [1.165, 1.54) is 0 Å². The van der Waals surface area contributed by atoms with Gasteiger partial charge in [-0.25, -0.2) is 5.43 Å². The Labute approximate surface area is 154 Å². The normalized spacial score (nSPS) is 13.9. The lowest BCUT2D eigenvalue weighted by atomic mass is 9.76. The van der Waals surface area contributed by atoms with Crippen molar-refractivity contribution in [2.75, 3.05) is 7.05 Å². The topological polar surface area (TPSA) is 41.1 Å². The molecule has 0 fully saturated rings. The van der Waals surface area contributed by atoms with Crippen LogP contribution in [0.3, 0.4) is 0 Å². The number of benzene rings is 1. The molecule has 0 heterocycles. The van der Waals surface area contributed by atoms with E-state index in [-0.39, 0.29) is 11.3 Å². The molecule has 1 atom stereocenters. The number of hydrogen-bond acceptors (Lipinski definition) is 2. The van der Waals surface area contributed by atoms with E-state index >= 15 is 0 Å². The zero-order valence-electron chi connectivity index (χ0n) is 14.5. The Bertz CT molecular complexity index is 577. The van der Waals surface area contributed by atoms with Crippen LogP contribution in [0.2, 0.25) is 0 Å². The van der Waals surface area contributed by atoms with Crippen LogP contribution in [0.4, 0.5) is 0 Å². The van der Waals surface area contributed by atoms with E-state index < -0.39 is 5.41 Å². The second kappa shape index (κ2) is 8.70. The molecule has 4 heteroatoms. The van der Waals surface area contributed by atoms with Crippen LogP contribution in [0.25, 0.3) is 0 Å². The molecule has 1 amide bonds. The monoisotopic (exact) mass is 426 g/mol. The number of terminal acetylenes is 1. The van der Waals surface area contributed by atoms with E-state index in [0.717, 1.165) is 34.8 Å². The van der Waals surface area contributed by atoms with Gasteiger partial charge in [0.1, 0.15) is 0 Å². The Balaban J connectivity index is 2.85. The maximum absolute atomic E-state index is 12.6. The highest BCUT2D eigenvalue weighted by Gasteiger charge is 2.34. The molecule has 0 saturated heterocycles. The van der Waals surface area contributed by atoms with Crippen molar-refractivity contribution in [2.45, 2.75) is 51.9 Å². The van der Waals surface area contributed by atoms with Crippen LogP contribution in [-0.2, 0) is 10.2 Å². The zero-order chi connectivity index (χ0) is 17.5. The van der Waals surface area contributed by atoms with Gasteiger partial charge in [-0.15, -0.1) is 12.3 Å². The van der Waals surface area contributed by atoms with Crippen LogP contribution in [0.5, 0.6) is 0 Å². The Kier molecular flexibility index (Phi) is 7.56. The van der Waals surface area contributed by atoms with Gasteiger partial charge in [0.25, 0.3) is 0 Å².